The summed E-state index contributed by atoms with van der Waals surface area (Å²) in [5.41, 5.74) is 2.97. The van der Waals surface area contributed by atoms with E-state index in [1.54, 1.807) is 6.07 Å². The van der Waals surface area contributed by atoms with Gasteiger partial charge in [0.2, 0.25) is 0 Å². The molecule has 0 aromatic heterocycles. The van der Waals surface area contributed by atoms with Gasteiger partial charge in [-0.2, -0.15) is 13.2 Å². The van der Waals surface area contributed by atoms with E-state index in [0.717, 1.165) is 28.6 Å². The average Bonchev–Trinajstić information content (AvgIpc) is 3.18. The lowest BCUT2D eigenvalue weighted by Crippen LogP contribution is -2.29. The monoisotopic (exact) mass is 484 g/mol. The largest absolute Gasteiger partial charge is 0.494 e. The summed E-state index contributed by atoms with van der Waals surface area (Å²) in [6.07, 6.45) is -3.24. The van der Waals surface area contributed by atoms with Crippen molar-refractivity contribution in [1.82, 2.24) is 0 Å². The fourth-order valence-electron chi connectivity index (χ4n) is 4.40. The molecular formula is C27H27F3N2O3. The van der Waals surface area contributed by atoms with Crippen molar-refractivity contribution in [2.45, 2.75) is 44.4 Å². The van der Waals surface area contributed by atoms with Crippen LogP contribution in [0.15, 0.2) is 66.7 Å². The molecule has 0 saturated carbocycles. The molecule has 4 rings (SSSR count). The lowest BCUT2D eigenvalue weighted by atomic mass is 9.88. The van der Waals surface area contributed by atoms with Crippen LogP contribution in [0.2, 0.25) is 0 Å². The van der Waals surface area contributed by atoms with E-state index >= 15 is 0 Å². The van der Waals surface area contributed by atoms with Crippen LogP contribution in [0, 0.1) is 0 Å². The van der Waals surface area contributed by atoms with Crippen LogP contribution in [0.5, 0.6) is 5.75 Å². The van der Waals surface area contributed by atoms with Crippen molar-refractivity contribution in [1.29, 1.82) is 0 Å². The minimum Gasteiger partial charge on any atom is -0.494 e. The number of fused-ring (bicyclic) bond motifs is 1. The Morgan fingerprint density at radius 1 is 1.09 bits per heavy atom. The third-order valence-corrected chi connectivity index (χ3v) is 6.20. The molecule has 1 heterocycles. The van der Waals surface area contributed by atoms with E-state index in [1.807, 2.05) is 42.5 Å². The van der Waals surface area contributed by atoms with Gasteiger partial charge in [-0.25, -0.2) is 0 Å². The van der Waals surface area contributed by atoms with E-state index < -0.39 is 23.2 Å². The van der Waals surface area contributed by atoms with Gasteiger partial charge < -0.3 is 20.5 Å². The fraction of sp³-hybridized carbons (Fsp3) is 0.296. The number of carbonyl (C=O) groups is 1. The first-order chi connectivity index (χ1) is 16.7. The van der Waals surface area contributed by atoms with Gasteiger partial charge in [-0.1, -0.05) is 36.4 Å². The molecule has 35 heavy (non-hydrogen) atoms. The molecular weight excluding hydrogens is 457 g/mol. The second-order valence-corrected chi connectivity index (χ2v) is 8.84. The summed E-state index contributed by atoms with van der Waals surface area (Å²) >= 11 is 0. The molecule has 1 atom stereocenters. The first-order valence-corrected chi connectivity index (χ1v) is 11.4. The molecule has 184 valence electrons. The van der Waals surface area contributed by atoms with E-state index in [2.05, 4.69) is 17.6 Å². The zero-order valence-corrected chi connectivity index (χ0v) is 19.3. The molecule has 5 nitrogen and oxygen atoms in total. The summed E-state index contributed by atoms with van der Waals surface area (Å²) in [6.45, 7) is 2.48. The van der Waals surface area contributed by atoms with Crippen LogP contribution in [0.3, 0.4) is 0 Å². The smallest absolute Gasteiger partial charge is 0.416 e. The van der Waals surface area contributed by atoms with E-state index in [-0.39, 0.29) is 18.5 Å². The molecule has 0 amide bonds. The minimum absolute atomic E-state index is 0.0660. The van der Waals surface area contributed by atoms with Gasteiger partial charge in [-0.3, -0.25) is 4.79 Å². The molecule has 0 aliphatic carbocycles. The predicted octanol–water partition coefficient (Wildman–Crippen LogP) is 6.44. The standard InChI is InChI=1S/C27H27F3N2O3/c1-26(19-11-13-20(14-12-19)35-15-5-10-25(33)34)16-21-23(8-4-9-24(21)32-26)31-17-18-6-2-3-7-22(18)27(28,29)30/h2-4,6-9,11-14,31-32H,5,10,15-17H2,1H3,(H,33,34). The Morgan fingerprint density at radius 2 is 1.83 bits per heavy atom. The Hall–Kier alpha value is -3.68. The van der Waals surface area contributed by atoms with Gasteiger partial charge in [0, 0.05) is 36.3 Å². The van der Waals surface area contributed by atoms with Crippen LogP contribution in [0.4, 0.5) is 24.5 Å². The van der Waals surface area contributed by atoms with E-state index in [1.165, 1.54) is 12.1 Å². The SMILES string of the molecule is CC1(c2ccc(OCCCC(=O)O)cc2)Cc2c(NCc3ccccc3C(F)(F)F)cccc2N1. The Bertz CT molecular complexity index is 1200. The number of rotatable bonds is 9. The number of hydrogen-bond acceptors (Lipinski definition) is 4. The summed E-state index contributed by atoms with van der Waals surface area (Å²) < 4.78 is 45.7. The second kappa shape index (κ2) is 9.90. The molecule has 3 N–H and O–H groups in total. The van der Waals surface area contributed by atoms with Crippen LogP contribution in [-0.2, 0) is 29.5 Å². The molecule has 3 aromatic carbocycles. The molecule has 0 fully saturated rings. The van der Waals surface area contributed by atoms with Gasteiger partial charge in [0.05, 0.1) is 17.7 Å². The third kappa shape index (κ3) is 5.70. The highest BCUT2D eigenvalue weighted by molar-refractivity contribution is 5.71. The van der Waals surface area contributed by atoms with Gasteiger partial charge in [-0.15, -0.1) is 0 Å². The maximum Gasteiger partial charge on any atom is 0.416 e. The zero-order valence-electron chi connectivity index (χ0n) is 19.3. The fourth-order valence-corrected chi connectivity index (χ4v) is 4.40. The first kappa shape index (κ1) is 24.4. The molecule has 0 spiro atoms. The quantitative estimate of drug-likeness (QED) is 0.305. The van der Waals surface area contributed by atoms with Gasteiger partial charge in [0.25, 0.3) is 0 Å². The van der Waals surface area contributed by atoms with Gasteiger partial charge in [-0.05, 0) is 54.8 Å². The van der Waals surface area contributed by atoms with Gasteiger partial charge >= 0.3 is 12.1 Å². The maximum absolute atomic E-state index is 13.4. The van der Waals surface area contributed by atoms with Gasteiger partial charge in [0.1, 0.15) is 5.75 Å². The van der Waals surface area contributed by atoms with Crippen LogP contribution >= 0.6 is 0 Å². The average molecular weight is 485 g/mol. The summed E-state index contributed by atoms with van der Waals surface area (Å²) in [6, 6.07) is 19.0. The van der Waals surface area contributed by atoms with Gasteiger partial charge in [0.15, 0.2) is 0 Å². The Morgan fingerprint density at radius 3 is 2.54 bits per heavy atom. The van der Waals surface area contributed by atoms with Crippen molar-refractivity contribution in [2.75, 3.05) is 17.2 Å². The number of aliphatic carboxylic acids is 1. The highest BCUT2D eigenvalue weighted by atomic mass is 19.4. The summed E-state index contributed by atoms with van der Waals surface area (Å²) in [5.74, 6) is -0.175. The summed E-state index contributed by atoms with van der Waals surface area (Å²) in [4.78, 5) is 10.6. The molecule has 0 radical (unpaired) electrons. The van der Waals surface area contributed by atoms with Crippen LogP contribution in [0.25, 0.3) is 0 Å². The number of anilines is 2. The maximum atomic E-state index is 13.4. The van der Waals surface area contributed by atoms with Crippen molar-refractivity contribution in [3.8, 4) is 5.75 Å². The van der Waals surface area contributed by atoms with Crippen LogP contribution < -0.4 is 15.4 Å². The summed E-state index contributed by atoms with van der Waals surface area (Å²) in [7, 11) is 0. The van der Waals surface area contributed by atoms with Crippen molar-refractivity contribution in [3.63, 3.8) is 0 Å². The first-order valence-electron chi connectivity index (χ1n) is 11.4. The lowest BCUT2D eigenvalue weighted by Gasteiger charge is -2.26. The number of halogens is 3. The zero-order chi connectivity index (χ0) is 25.1. The van der Waals surface area contributed by atoms with Crippen molar-refractivity contribution in [3.05, 3.63) is 89.0 Å². The highest BCUT2D eigenvalue weighted by Crippen LogP contribution is 2.43. The molecule has 1 aliphatic rings. The molecule has 8 heteroatoms. The number of carboxylic acid groups (broad SMARTS) is 1. The number of hydrogen-bond donors (Lipinski definition) is 3. The Labute approximate surface area is 201 Å². The highest BCUT2D eigenvalue weighted by Gasteiger charge is 2.36. The number of alkyl halides is 3. The van der Waals surface area contributed by atoms with Crippen LogP contribution in [0.1, 0.15) is 42.0 Å². The van der Waals surface area contributed by atoms with Crippen molar-refractivity contribution < 1.29 is 27.8 Å². The minimum atomic E-state index is -4.40. The Balaban J connectivity index is 1.45. The van der Waals surface area contributed by atoms with Crippen LogP contribution in [-0.4, -0.2) is 17.7 Å². The molecule has 3 aromatic rings. The normalized spacial score (nSPS) is 16.9. The number of nitrogens with one attached hydrogen (secondary N) is 2. The molecule has 0 saturated heterocycles. The summed E-state index contributed by atoms with van der Waals surface area (Å²) in [5, 5.41) is 15.5. The predicted molar refractivity (Wildman–Crippen MR) is 129 cm³/mol. The lowest BCUT2D eigenvalue weighted by molar-refractivity contribution is -0.138. The third-order valence-electron chi connectivity index (χ3n) is 6.20. The number of benzene rings is 3. The number of carboxylic acids is 1. The van der Waals surface area contributed by atoms with E-state index in [4.69, 9.17) is 9.84 Å². The topological polar surface area (TPSA) is 70.6 Å². The van der Waals surface area contributed by atoms with Crippen molar-refractivity contribution in [2.24, 2.45) is 0 Å². The second-order valence-electron chi connectivity index (χ2n) is 8.84. The molecule has 1 unspecified atom stereocenters. The molecule has 1 aliphatic heterocycles. The number of ether oxygens (including phenoxy) is 1. The molecule has 0 bridgehead atoms. The van der Waals surface area contributed by atoms with E-state index in [9.17, 15) is 18.0 Å². The van der Waals surface area contributed by atoms with E-state index in [0.29, 0.717) is 25.2 Å². The van der Waals surface area contributed by atoms with Crippen molar-refractivity contribution >= 4 is 17.3 Å². The Kier molecular flexibility index (Phi) is 6.91.